The van der Waals surface area contributed by atoms with E-state index >= 15 is 0 Å². The maximum Gasteiger partial charge on any atom is 0.273 e. The first-order valence-electron chi connectivity index (χ1n) is 7.83. The summed E-state index contributed by atoms with van der Waals surface area (Å²) in [4.78, 5) is 25.1. The molecule has 2 aromatic heterocycles. The van der Waals surface area contributed by atoms with E-state index in [9.17, 15) is 4.79 Å². The normalized spacial score (nSPS) is 20.9. The van der Waals surface area contributed by atoms with Crippen LogP contribution < -0.4 is 4.90 Å². The fourth-order valence-electron chi connectivity index (χ4n) is 2.78. The van der Waals surface area contributed by atoms with Gasteiger partial charge in [0.1, 0.15) is 11.7 Å². The van der Waals surface area contributed by atoms with Gasteiger partial charge in [0.2, 0.25) is 0 Å². The molecular formula is C16H21N5O3. The third-order valence-electron chi connectivity index (χ3n) is 4.03. The summed E-state index contributed by atoms with van der Waals surface area (Å²) >= 11 is 0. The van der Waals surface area contributed by atoms with Crippen LogP contribution in [-0.4, -0.2) is 59.3 Å². The van der Waals surface area contributed by atoms with Gasteiger partial charge >= 0.3 is 0 Å². The van der Waals surface area contributed by atoms with E-state index in [2.05, 4.69) is 15.1 Å². The Morgan fingerprint density at radius 1 is 1.42 bits per heavy atom. The molecule has 1 fully saturated rings. The average Bonchev–Trinajstić information content (AvgIpc) is 3.00. The Bertz CT molecular complexity index is 730. The van der Waals surface area contributed by atoms with Gasteiger partial charge in [-0.25, -0.2) is 0 Å². The van der Waals surface area contributed by atoms with Crippen LogP contribution in [0.15, 0.2) is 22.9 Å². The molecule has 128 valence electrons. The summed E-state index contributed by atoms with van der Waals surface area (Å²) in [5.74, 6) is 0.745. The van der Waals surface area contributed by atoms with Crippen LogP contribution in [0.4, 0.5) is 5.69 Å². The molecule has 8 heteroatoms. The minimum atomic E-state index is -0.419. The Morgan fingerprint density at radius 3 is 2.88 bits per heavy atom. The lowest BCUT2D eigenvalue weighted by atomic mass is 10.1. The summed E-state index contributed by atoms with van der Waals surface area (Å²) in [6.45, 7) is 4.55. The summed E-state index contributed by atoms with van der Waals surface area (Å²) in [6, 6.07) is 3.22. The van der Waals surface area contributed by atoms with Gasteiger partial charge in [0.25, 0.3) is 11.8 Å². The van der Waals surface area contributed by atoms with Gasteiger partial charge in [0.05, 0.1) is 12.7 Å². The first kappa shape index (κ1) is 16.4. The zero-order chi connectivity index (χ0) is 17.3. The number of carbonyl (C=O) groups is 1. The summed E-state index contributed by atoms with van der Waals surface area (Å²) < 4.78 is 11.0. The Labute approximate surface area is 140 Å². The van der Waals surface area contributed by atoms with Crippen molar-refractivity contribution in [2.45, 2.75) is 26.0 Å². The second-order valence-electron chi connectivity index (χ2n) is 5.99. The predicted octanol–water partition coefficient (Wildman–Crippen LogP) is 1.44. The molecule has 0 aromatic carbocycles. The van der Waals surface area contributed by atoms with Crippen molar-refractivity contribution in [2.75, 3.05) is 32.1 Å². The van der Waals surface area contributed by atoms with Crippen molar-refractivity contribution in [2.24, 2.45) is 0 Å². The van der Waals surface area contributed by atoms with E-state index in [0.29, 0.717) is 30.6 Å². The number of pyridine rings is 1. The number of rotatable bonds is 3. The molecule has 0 bridgehead atoms. The lowest BCUT2D eigenvalue weighted by molar-refractivity contribution is -0.0602. The van der Waals surface area contributed by atoms with Gasteiger partial charge in [-0.1, -0.05) is 5.16 Å². The van der Waals surface area contributed by atoms with Crippen molar-refractivity contribution in [1.29, 1.82) is 0 Å². The number of anilines is 1. The minimum Gasteiger partial charge on any atom is -0.378 e. The Morgan fingerprint density at radius 2 is 2.21 bits per heavy atom. The van der Waals surface area contributed by atoms with Gasteiger partial charge in [-0.05, 0) is 26.0 Å². The molecule has 3 heterocycles. The smallest absolute Gasteiger partial charge is 0.273 e. The highest BCUT2D eigenvalue weighted by Crippen LogP contribution is 2.29. The first-order chi connectivity index (χ1) is 11.5. The van der Waals surface area contributed by atoms with Crippen molar-refractivity contribution in [3.63, 3.8) is 0 Å². The van der Waals surface area contributed by atoms with Crippen molar-refractivity contribution >= 4 is 11.6 Å². The molecule has 0 N–H and O–H groups in total. The molecule has 0 aliphatic carbocycles. The van der Waals surface area contributed by atoms with Gasteiger partial charge < -0.3 is 19.1 Å². The molecular weight excluding hydrogens is 310 g/mol. The molecule has 0 saturated carbocycles. The fourth-order valence-corrected chi connectivity index (χ4v) is 2.78. The molecule has 8 nitrogen and oxygen atoms in total. The number of carbonyl (C=O) groups excluding carboxylic acids is 1. The van der Waals surface area contributed by atoms with Crippen LogP contribution in [0.25, 0.3) is 0 Å². The summed E-state index contributed by atoms with van der Waals surface area (Å²) in [7, 11) is 3.84. The maximum atomic E-state index is 13.0. The zero-order valence-electron chi connectivity index (χ0n) is 14.3. The highest BCUT2D eigenvalue weighted by atomic mass is 16.5. The van der Waals surface area contributed by atoms with Crippen LogP contribution in [0, 0.1) is 6.92 Å². The SMILES string of the molecule is Cc1noc([C@@H]2[C@@H](C)OCCN2C(=O)c2cc(N(C)C)ccn2)n1. The van der Waals surface area contributed by atoms with Crippen molar-refractivity contribution < 1.29 is 14.1 Å². The number of ether oxygens (including phenoxy) is 1. The second kappa shape index (κ2) is 6.56. The summed E-state index contributed by atoms with van der Waals surface area (Å²) in [5, 5.41) is 3.83. The van der Waals surface area contributed by atoms with Gasteiger partial charge in [-0.2, -0.15) is 4.98 Å². The van der Waals surface area contributed by atoms with Gasteiger partial charge in [0, 0.05) is 32.5 Å². The van der Waals surface area contributed by atoms with Crippen molar-refractivity contribution in [3.8, 4) is 0 Å². The van der Waals surface area contributed by atoms with Crippen LogP contribution in [0.5, 0.6) is 0 Å². The first-order valence-corrected chi connectivity index (χ1v) is 7.83. The van der Waals surface area contributed by atoms with E-state index in [4.69, 9.17) is 9.26 Å². The third-order valence-corrected chi connectivity index (χ3v) is 4.03. The fraction of sp³-hybridized carbons (Fsp3) is 0.500. The quantitative estimate of drug-likeness (QED) is 0.841. The molecule has 2 atom stereocenters. The topological polar surface area (TPSA) is 84.6 Å². The molecule has 1 amide bonds. The van der Waals surface area contributed by atoms with Gasteiger partial charge in [0.15, 0.2) is 5.82 Å². The monoisotopic (exact) mass is 331 g/mol. The standard InChI is InChI=1S/C16H21N5O3/c1-10-14(15-18-11(2)19-24-15)21(7-8-23-10)16(22)13-9-12(20(3)4)5-6-17-13/h5-6,9-10,14H,7-8H2,1-4H3/t10-,14+/m1/s1. The average molecular weight is 331 g/mol. The van der Waals surface area contributed by atoms with E-state index in [1.54, 1.807) is 24.1 Å². The largest absolute Gasteiger partial charge is 0.378 e. The number of morpholine rings is 1. The number of nitrogens with zero attached hydrogens (tertiary/aromatic N) is 5. The molecule has 0 unspecified atom stereocenters. The number of aromatic nitrogens is 3. The van der Waals surface area contributed by atoms with Crippen LogP contribution >= 0.6 is 0 Å². The number of amides is 1. The van der Waals surface area contributed by atoms with Crippen LogP contribution in [0.3, 0.4) is 0 Å². The third kappa shape index (κ3) is 3.09. The van der Waals surface area contributed by atoms with Crippen molar-refractivity contribution in [1.82, 2.24) is 20.0 Å². The minimum absolute atomic E-state index is 0.172. The highest BCUT2D eigenvalue weighted by molar-refractivity contribution is 5.93. The molecule has 0 radical (unpaired) electrons. The molecule has 0 spiro atoms. The number of hydrogen-bond acceptors (Lipinski definition) is 7. The molecule has 1 aliphatic heterocycles. The maximum absolute atomic E-state index is 13.0. The van der Waals surface area contributed by atoms with Crippen LogP contribution in [-0.2, 0) is 4.74 Å². The number of hydrogen-bond donors (Lipinski definition) is 0. The highest BCUT2D eigenvalue weighted by Gasteiger charge is 2.38. The lowest BCUT2D eigenvalue weighted by Crippen LogP contribution is -2.47. The van der Waals surface area contributed by atoms with E-state index in [1.807, 2.05) is 32.0 Å². The molecule has 1 saturated heterocycles. The van der Waals surface area contributed by atoms with Crippen molar-refractivity contribution in [3.05, 3.63) is 35.7 Å². The lowest BCUT2D eigenvalue weighted by Gasteiger charge is -2.37. The predicted molar refractivity (Wildman–Crippen MR) is 86.8 cm³/mol. The summed E-state index contributed by atoms with van der Waals surface area (Å²) in [6.07, 6.45) is 1.40. The second-order valence-corrected chi connectivity index (χ2v) is 5.99. The van der Waals surface area contributed by atoms with E-state index < -0.39 is 6.04 Å². The molecule has 24 heavy (non-hydrogen) atoms. The summed E-state index contributed by atoms with van der Waals surface area (Å²) in [5.41, 5.74) is 1.30. The molecule has 1 aliphatic rings. The Kier molecular flexibility index (Phi) is 4.48. The Balaban J connectivity index is 1.92. The Hall–Kier alpha value is -2.48. The molecule has 3 rings (SSSR count). The van der Waals surface area contributed by atoms with E-state index in [0.717, 1.165) is 5.69 Å². The van der Waals surface area contributed by atoms with Gasteiger partial charge in [-0.15, -0.1) is 0 Å². The van der Waals surface area contributed by atoms with Crippen LogP contribution in [0.2, 0.25) is 0 Å². The molecule has 2 aromatic rings. The van der Waals surface area contributed by atoms with E-state index in [-0.39, 0.29) is 12.0 Å². The zero-order valence-corrected chi connectivity index (χ0v) is 14.3. The van der Waals surface area contributed by atoms with Gasteiger partial charge in [-0.3, -0.25) is 9.78 Å². The van der Waals surface area contributed by atoms with E-state index in [1.165, 1.54) is 0 Å². The number of aryl methyl sites for hydroxylation is 1. The van der Waals surface area contributed by atoms with Crippen LogP contribution in [0.1, 0.15) is 35.2 Å².